The van der Waals surface area contributed by atoms with Crippen molar-refractivity contribution in [2.24, 2.45) is 23.7 Å². The van der Waals surface area contributed by atoms with E-state index in [1.807, 2.05) is 6.08 Å². The molecule has 0 saturated heterocycles. The van der Waals surface area contributed by atoms with Gasteiger partial charge in [-0.1, -0.05) is 52.0 Å². The van der Waals surface area contributed by atoms with E-state index in [0.717, 1.165) is 6.42 Å². The van der Waals surface area contributed by atoms with Crippen LogP contribution in [0, 0.1) is 48.4 Å². The zero-order valence-corrected chi connectivity index (χ0v) is 27.2. The predicted octanol–water partition coefficient (Wildman–Crippen LogP) is 7.67. The summed E-state index contributed by atoms with van der Waals surface area (Å²) in [6.45, 7) is 10.8. The average Bonchev–Trinajstić information content (AvgIpc) is 2.66. The first-order chi connectivity index (χ1) is 14.5. The van der Waals surface area contributed by atoms with Crippen LogP contribution in [-0.4, -0.2) is 24.3 Å². The molecule has 0 aromatic heterocycles. The topological polar surface area (TPSA) is 46.5 Å². The average molecular weight is 806 g/mol. The van der Waals surface area contributed by atoms with E-state index >= 15 is 0 Å². The van der Waals surface area contributed by atoms with Gasteiger partial charge in [0.2, 0.25) is 0 Å². The molecular weight excluding hydrogens is 768 g/mol. The molecule has 0 aromatic carbocycles. The molecule has 178 valence electrons. The summed E-state index contributed by atoms with van der Waals surface area (Å²) < 4.78 is 4.95. The van der Waals surface area contributed by atoms with E-state index in [4.69, 9.17) is 22.7 Å². The number of esters is 1. The summed E-state index contributed by atoms with van der Waals surface area (Å²) in [6, 6.07) is 0. The van der Waals surface area contributed by atoms with Gasteiger partial charge in [-0.05, 0) is 37.5 Å². The van der Waals surface area contributed by atoms with E-state index in [1.165, 1.54) is 0 Å². The second-order valence-corrected chi connectivity index (χ2v) is 42.7. The number of carbonyl (C=O) groups is 1. The number of ether oxygens (including phenoxy) is 1. The van der Waals surface area contributed by atoms with Crippen LogP contribution in [0.25, 0.3) is 0 Å². The molecule has 31 heavy (non-hydrogen) atoms. The number of carbonyl (C=O) groups excluding carboxylic acids is 1. The van der Waals surface area contributed by atoms with Crippen molar-refractivity contribution < 1.29 is 19.6 Å². The van der Waals surface area contributed by atoms with Crippen LogP contribution in [0.2, 0.25) is 0 Å². The van der Waals surface area contributed by atoms with E-state index in [0.29, 0.717) is 37.7 Å². The number of allylic oxidation sites excluding steroid dienone is 4. The Morgan fingerprint density at radius 2 is 1.45 bits per heavy atom. The van der Waals surface area contributed by atoms with Gasteiger partial charge in [-0.25, -0.2) is 0 Å². The maximum atomic E-state index is 11.5. The van der Waals surface area contributed by atoms with Gasteiger partial charge in [-0.15, -0.1) is 24.7 Å². The van der Waals surface area contributed by atoms with Gasteiger partial charge >= 0.3 is 70.8 Å². The summed E-state index contributed by atoms with van der Waals surface area (Å²) in [6.07, 6.45) is 21.3. The van der Waals surface area contributed by atoms with Crippen molar-refractivity contribution >= 4 is 65.9 Å². The summed E-state index contributed by atoms with van der Waals surface area (Å²) in [5.74, 6) is 6.01. The zero-order valence-electron chi connectivity index (χ0n) is 19.4. The molecule has 0 aliphatic rings. The van der Waals surface area contributed by atoms with Crippen molar-refractivity contribution in [3.8, 4) is 24.7 Å². The fourth-order valence-electron chi connectivity index (χ4n) is 2.11. The van der Waals surface area contributed by atoms with Crippen LogP contribution in [0.1, 0.15) is 60.3 Å². The number of hydrogen-bond acceptors (Lipinski definition) is 3. The molecule has 2 unspecified atom stereocenters. The molecule has 0 spiro atoms. The third kappa shape index (κ3) is 33.1. The van der Waals surface area contributed by atoms with Gasteiger partial charge in [0, 0.05) is 19.4 Å². The van der Waals surface area contributed by atoms with Crippen LogP contribution < -0.4 is 0 Å². The van der Waals surface area contributed by atoms with Crippen LogP contribution in [0.15, 0.2) is 24.3 Å². The molecule has 7 heteroatoms. The first-order valence-electron chi connectivity index (χ1n) is 10.3. The first kappa shape index (κ1) is 36.4. The molecule has 0 amide bonds. The molecular formula is C24H38I3O3V. The number of aliphatic hydroxyl groups is 1. The third-order valence-corrected chi connectivity index (χ3v) is 3.58. The summed E-state index contributed by atoms with van der Waals surface area (Å²) in [7, 11) is 0. The minimum atomic E-state index is -0.278. The summed E-state index contributed by atoms with van der Waals surface area (Å²) in [5, 5.41) is 8.89. The number of terminal acetylenes is 2. The second-order valence-electron chi connectivity index (χ2n) is 7.32. The normalized spacial score (nSPS) is 12.6. The fraction of sp³-hybridized carbons (Fsp3) is 0.625. The quantitative estimate of drug-likeness (QED) is 0.101. The van der Waals surface area contributed by atoms with Gasteiger partial charge in [-0.3, -0.25) is 4.79 Å². The molecule has 0 bridgehead atoms. The minimum absolute atomic E-state index is 0.187. The maximum absolute atomic E-state index is 11.5. The van der Waals surface area contributed by atoms with Crippen molar-refractivity contribution in [1.82, 2.24) is 0 Å². The Morgan fingerprint density at radius 1 is 1.00 bits per heavy atom. The number of hydrogen-bond donors (Lipinski definition) is 1. The Labute approximate surface area is 229 Å². The number of aliphatic hydroxyl groups excluding tert-OH is 1. The molecule has 3 nitrogen and oxygen atoms in total. The molecule has 0 heterocycles. The van der Waals surface area contributed by atoms with Crippen molar-refractivity contribution in [2.75, 3.05) is 13.2 Å². The molecule has 0 saturated carbocycles. The molecule has 1 N–H and O–H groups in total. The zero-order chi connectivity index (χ0) is 24.7. The van der Waals surface area contributed by atoms with Gasteiger partial charge in [0.25, 0.3) is 0 Å². The summed E-state index contributed by atoms with van der Waals surface area (Å²) >= 11 is 7.39. The van der Waals surface area contributed by atoms with Gasteiger partial charge < -0.3 is 9.84 Å². The summed E-state index contributed by atoms with van der Waals surface area (Å²) in [4.78, 5) is 11.2. The van der Waals surface area contributed by atoms with Crippen LogP contribution in [-0.2, 0) is 14.5 Å². The van der Waals surface area contributed by atoms with Gasteiger partial charge in [0.15, 0.2) is 0 Å². The Bertz CT molecular complexity index is 559. The first-order valence-corrected chi connectivity index (χ1v) is 23.8. The van der Waals surface area contributed by atoms with Gasteiger partial charge in [0.05, 0.1) is 12.5 Å². The Hall–Kier alpha value is 0.804. The van der Waals surface area contributed by atoms with Crippen molar-refractivity contribution in [3.05, 3.63) is 24.3 Å². The van der Waals surface area contributed by atoms with E-state index in [2.05, 4.69) is 118 Å². The number of rotatable bonds is 11. The summed E-state index contributed by atoms with van der Waals surface area (Å²) in [5.41, 5.74) is 0. The van der Waals surface area contributed by atoms with E-state index in [-0.39, 0.29) is 29.3 Å². The SMILES string of the molecule is C#CCC(C/C=C/C(C)C)C(=O)OCC.C#CCC(CO)C/C=C/C(C)C.[I][V]([I])[I]. The molecule has 0 aliphatic carbocycles. The van der Waals surface area contributed by atoms with Crippen LogP contribution in [0.3, 0.4) is 0 Å². The van der Waals surface area contributed by atoms with Crippen molar-refractivity contribution in [2.45, 2.75) is 60.3 Å². The van der Waals surface area contributed by atoms with E-state index in [1.54, 1.807) is 6.92 Å². The predicted molar refractivity (Wildman–Crippen MR) is 157 cm³/mol. The Morgan fingerprint density at radius 3 is 1.81 bits per heavy atom. The monoisotopic (exact) mass is 806 g/mol. The number of halogens is 3. The third-order valence-electron chi connectivity index (χ3n) is 3.58. The standard InChI is InChI=1S/C13H20O2.C11H18O.3HI.V/c1-5-8-12(13(14)15-6-2)10-7-9-11(3)4;1-4-6-11(9-12)8-5-7-10(2)3;;;;/h1,7,9,11-12H,6,8,10H2,2-4H3;1,5,7,10-12H,6,8-9H2,2-3H3;3*1H;/q;;;;;+3/p-3/b9-7+;7-5+;;;;. The van der Waals surface area contributed by atoms with Crippen LogP contribution >= 0.6 is 59.9 Å². The molecule has 0 radical (unpaired) electrons. The molecule has 0 rings (SSSR count). The van der Waals surface area contributed by atoms with Gasteiger partial charge in [0.1, 0.15) is 0 Å². The Kier molecular flexibility index (Phi) is 31.7. The Balaban J connectivity index is -0.000000438. The molecule has 0 aliphatic heterocycles. The van der Waals surface area contributed by atoms with Crippen molar-refractivity contribution in [3.63, 3.8) is 0 Å². The van der Waals surface area contributed by atoms with E-state index in [9.17, 15) is 4.79 Å². The second kappa shape index (κ2) is 27.1. The van der Waals surface area contributed by atoms with Gasteiger partial charge in [-0.2, -0.15) is 0 Å². The molecule has 0 fully saturated rings. The van der Waals surface area contributed by atoms with E-state index < -0.39 is 0 Å². The fourth-order valence-corrected chi connectivity index (χ4v) is 2.11. The molecule has 2 atom stereocenters. The van der Waals surface area contributed by atoms with Crippen LogP contribution in [0.4, 0.5) is 0 Å². The molecule has 0 aromatic rings. The van der Waals surface area contributed by atoms with Crippen LogP contribution in [0.5, 0.6) is 0 Å². The van der Waals surface area contributed by atoms with Crippen molar-refractivity contribution in [1.29, 1.82) is 0 Å².